The van der Waals surface area contributed by atoms with Crippen LogP contribution in [0.2, 0.25) is 0 Å². The first-order chi connectivity index (χ1) is 9.24. The largest absolute Gasteiger partial charge is 0.374 e. The topological polar surface area (TPSA) is 37.8 Å². The Morgan fingerprint density at radius 2 is 2.05 bits per heavy atom. The Labute approximate surface area is 123 Å². The van der Waals surface area contributed by atoms with E-state index >= 15 is 0 Å². The molecule has 3 nitrogen and oxygen atoms in total. The normalized spacial score (nSPS) is 12.5. The lowest BCUT2D eigenvalue weighted by molar-refractivity contribution is 0.871. The van der Waals surface area contributed by atoms with Crippen LogP contribution in [0.25, 0.3) is 10.2 Å². The molecule has 96 valence electrons. The summed E-state index contributed by atoms with van der Waals surface area (Å²) in [5, 5.41) is 4.51. The first-order valence-corrected chi connectivity index (χ1v) is 7.57. The minimum absolute atomic E-state index is 0.151. The molecule has 0 fully saturated rings. The molecule has 3 rings (SSSR count). The molecule has 0 amide bonds. The van der Waals surface area contributed by atoms with E-state index in [1.54, 1.807) is 17.5 Å². The van der Waals surface area contributed by atoms with Crippen LogP contribution in [-0.4, -0.2) is 9.97 Å². The highest BCUT2D eigenvalue weighted by atomic mass is 79.9. The van der Waals surface area contributed by atoms with Crippen molar-refractivity contribution in [1.29, 1.82) is 0 Å². The highest BCUT2D eigenvalue weighted by Gasteiger charge is 2.12. The number of anilines is 1. The molecule has 0 spiro atoms. The van der Waals surface area contributed by atoms with Gasteiger partial charge in [0.1, 0.15) is 9.61 Å². The lowest BCUT2D eigenvalue weighted by atomic mass is 10.3. The maximum atomic E-state index is 4.66. The second-order valence-electron chi connectivity index (χ2n) is 4.23. The zero-order valence-electron chi connectivity index (χ0n) is 10.3. The summed E-state index contributed by atoms with van der Waals surface area (Å²) in [6.45, 7) is 2.11. The number of pyridine rings is 1. The van der Waals surface area contributed by atoms with Gasteiger partial charge in [0.15, 0.2) is 0 Å². The van der Waals surface area contributed by atoms with E-state index in [0.717, 1.165) is 20.8 Å². The van der Waals surface area contributed by atoms with Gasteiger partial charge in [0, 0.05) is 6.20 Å². The predicted octanol–water partition coefficient (Wildman–Crippen LogP) is 4.63. The number of nitrogens with zero attached hydrogens (tertiary/aromatic N) is 2. The molecule has 1 unspecified atom stereocenters. The first-order valence-electron chi connectivity index (χ1n) is 5.96. The number of rotatable bonds is 3. The van der Waals surface area contributed by atoms with E-state index in [0.29, 0.717) is 0 Å². The van der Waals surface area contributed by atoms with Crippen molar-refractivity contribution < 1.29 is 0 Å². The molecule has 2 heterocycles. The second kappa shape index (κ2) is 5.27. The van der Waals surface area contributed by atoms with Crippen molar-refractivity contribution in [1.82, 2.24) is 9.97 Å². The molecule has 1 aromatic carbocycles. The summed E-state index contributed by atoms with van der Waals surface area (Å²) >= 11 is 5.16. The van der Waals surface area contributed by atoms with Gasteiger partial charge in [0.05, 0.1) is 21.9 Å². The van der Waals surface area contributed by atoms with Gasteiger partial charge < -0.3 is 5.32 Å². The molecule has 3 aromatic rings. The fraction of sp³-hybridized carbons (Fsp3) is 0.143. The van der Waals surface area contributed by atoms with Gasteiger partial charge in [-0.1, -0.05) is 12.1 Å². The molecule has 0 aliphatic rings. The number of halogens is 1. The van der Waals surface area contributed by atoms with E-state index < -0.39 is 0 Å². The molecule has 19 heavy (non-hydrogen) atoms. The Hall–Kier alpha value is -1.46. The van der Waals surface area contributed by atoms with Gasteiger partial charge in [-0.3, -0.25) is 0 Å². The standard InChI is InChI=1S/C14H12BrN3S/c1-9(17-11-6-4-8-16-13(11)15)14-18-10-5-2-3-7-12(10)19-14/h2-9,17H,1H3. The van der Waals surface area contributed by atoms with Crippen LogP contribution < -0.4 is 5.32 Å². The van der Waals surface area contributed by atoms with Crippen molar-refractivity contribution in [3.8, 4) is 0 Å². The van der Waals surface area contributed by atoms with Crippen LogP contribution in [0.15, 0.2) is 47.2 Å². The van der Waals surface area contributed by atoms with Crippen LogP contribution in [0.4, 0.5) is 5.69 Å². The number of nitrogens with one attached hydrogen (secondary N) is 1. The molecule has 0 aliphatic heterocycles. The quantitative estimate of drug-likeness (QED) is 0.710. The summed E-state index contributed by atoms with van der Waals surface area (Å²) in [4.78, 5) is 8.86. The van der Waals surface area contributed by atoms with Crippen molar-refractivity contribution in [3.63, 3.8) is 0 Å². The van der Waals surface area contributed by atoms with Gasteiger partial charge in [0.2, 0.25) is 0 Å². The number of thiazole rings is 1. The third-order valence-corrected chi connectivity index (χ3v) is 4.66. The van der Waals surface area contributed by atoms with Gasteiger partial charge in [0.25, 0.3) is 0 Å². The third kappa shape index (κ3) is 2.62. The van der Waals surface area contributed by atoms with E-state index in [1.165, 1.54) is 4.70 Å². The van der Waals surface area contributed by atoms with Crippen LogP contribution >= 0.6 is 27.3 Å². The van der Waals surface area contributed by atoms with Gasteiger partial charge >= 0.3 is 0 Å². The summed E-state index contributed by atoms with van der Waals surface area (Å²) in [7, 11) is 0. The zero-order valence-corrected chi connectivity index (χ0v) is 12.7. The number of para-hydroxylation sites is 1. The lowest BCUT2D eigenvalue weighted by Crippen LogP contribution is -2.06. The molecule has 1 atom stereocenters. The van der Waals surface area contributed by atoms with Crippen LogP contribution in [0, 0.1) is 0 Å². The Morgan fingerprint density at radius 1 is 1.21 bits per heavy atom. The predicted molar refractivity (Wildman–Crippen MR) is 83.6 cm³/mol. The number of hydrogen-bond acceptors (Lipinski definition) is 4. The smallest absolute Gasteiger partial charge is 0.129 e. The van der Waals surface area contributed by atoms with Crippen molar-refractivity contribution >= 4 is 43.2 Å². The number of benzene rings is 1. The Kier molecular flexibility index (Phi) is 3.48. The monoisotopic (exact) mass is 333 g/mol. The van der Waals surface area contributed by atoms with Crippen LogP contribution in [-0.2, 0) is 0 Å². The number of hydrogen-bond donors (Lipinski definition) is 1. The minimum Gasteiger partial charge on any atom is -0.374 e. The summed E-state index contributed by atoms with van der Waals surface area (Å²) < 4.78 is 2.04. The molecular formula is C14H12BrN3S. The molecule has 0 aliphatic carbocycles. The SMILES string of the molecule is CC(Nc1cccnc1Br)c1nc2ccccc2s1. The molecule has 5 heteroatoms. The third-order valence-electron chi connectivity index (χ3n) is 2.81. The van der Waals surface area contributed by atoms with Gasteiger partial charge in [-0.15, -0.1) is 11.3 Å². The fourth-order valence-corrected chi connectivity index (χ4v) is 3.20. The zero-order chi connectivity index (χ0) is 13.2. The summed E-state index contributed by atoms with van der Waals surface area (Å²) in [5.74, 6) is 0. The first kappa shape index (κ1) is 12.6. The van der Waals surface area contributed by atoms with Crippen molar-refractivity contribution in [2.45, 2.75) is 13.0 Å². The summed E-state index contributed by atoms with van der Waals surface area (Å²) in [5.41, 5.74) is 2.04. The van der Waals surface area contributed by atoms with E-state index in [4.69, 9.17) is 0 Å². The van der Waals surface area contributed by atoms with Crippen molar-refractivity contribution in [2.75, 3.05) is 5.32 Å². The van der Waals surface area contributed by atoms with Crippen LogP contribution in [0.1, 0.15) is 18.0 Å². The highest BCUT2D eigenvalue weighted by molar-refractivity contribution is 9.10. The Morgan fingerprint density at radius 3 is 2.84 bits per heavy atom. The lowest BCUT2D eigenvalue weighted by Gasteiger charge is -2.13. The van der Waals surface area contributed by atoms with E-state index in [2.05, 4.69) is 44.2 Å². The highest BCUT2D eigenvalue weighted by Crippen LogP contribution is 2.29. The van der Waals surface area contributed by atoms with Crippen molar-refractivity contribution in [3.05, 3.63) is 52.2 Å². The van der Waals surface area contributed by atoms with Gasteiger partial charge in [-0.25, -0.2) is 9.97 Å². The molecule has 0 saturated carbocycles. The Bertz CT molecular complexity index is 677. The van der Waals surface area contributed by atoms with Crippen LogP contribution in [0.3, 0.4) is 0 Å². The van der Waals surface area contributed by atoms with Crippen molar-refractivity contribution in [2.24, 2.45) is 0 Å². The minimum atomic E-state index is 0.151. The Balaban J connectivity index is 1.87. The molecule has 0 radical (unpaired) electrons. The molecule has 0 saturated heterocycles. The maximum absolute atomic E-state index is 4.66. The fourth-order valence-electron chi connectivity index (χ4n) is 1.86. The summed E-state index contributed by atoms with van der Waals surface area (Å²) in [6, 6.07) is 12.3. The van der Waals surface area contributed by atoms with Crippen LogP contribution in [0.5, 0.6) is 0 Å². The van der Waals surface area contributed by atoms with E-state index in [9.17, 15) is 0 Å². The molecule has 2 aromatic heterocycles. The van der Waals surface area contributed by atoms with Gasteiger partial charge in [-0.2, -0.15) is 0 Å². The molecule has 1 N–H and O–H groups in total. The second-order valence-corrected chi connectivity index (χ2v) is 6.04. The number of fused-ring (bicyclic) bond motifs is 1. The molecule has 0 bridgehead atoms. The number of aromatic nitrogens is 2. The summed E-state index contributed by atoms with van der Waals surface area (Å²) in [6.07, 6.45) is 1.76. The van der Waals surface area contributed by atoms with E-state index in [1.807, 2.05) is 30.3 Å². The average molecular weight is 334 g/mol. The average Bonchev–Trinajstić information content (AvgIpc) is 2.85. The molecular weight excluding hydrogens is 322 g/mol. The van der Waals surface area contributed by atoms with Gasteiger partial charge in [-0.05, 0) is 47.1 Å². The maximum Gasteiger partial charge on any atom is 0.129 e. The van der Waals surface area contributed by atoms with E-state index in [-0.39, 0.29) is 6.04 Å².